The quantitative estimate of drug-likeness (QED) is 0.682. The molecule has 20 heavy (non-hydrogen) atoms. The van der Waals surface area contributed by atoms with Crippen LogP contribution < -0.4 is 0 Å². The minimum absolute atomic E-state index is 0.508. The van der Waals surface area contributed by atoms with Gasteiger partial charge in [0.15, 0.2) is 5.65 Å². The highest BCUT2D eigenvalue weighted by Crippen LogP contribution is 2.28. The van der Waals surface area contributed by atoms with E-state index in [-0.39, 0.29) is 0 Å². The number of aryl methyl sites for hydroxylation is 1. The van der Waals surface area contributed by atoms with Gasteiger partial charge in [-0.05, 0) is 19.4 Å². The highest BCUT2D eigenvalue weighted by molar-refractivity contribution is 7.99. The van der Waals surface area contributed by atoms with E-state index >= 15 is 0 Å². The van der Waals surface area contributed by atoms with Crippen LogP contribution in [0.15, 0.2) is 29.4 Å². The Morgan fingerprint density at radius 2 is 2.00 bits per heavy atom. The van der Waals surface area contributed by atoms with Gasteiger partial charge in [-0.1, -0.05) is 43.8 Å². The van der Waals surface area contributed by atoms with Gasteiger partial charge in [-0.2, -0.15) is 0 Å². The van der Waals surface area contributed by atoms with Gasteiger partial charge < -0.3 is 4.57 Å². The molecule has 0 saturated heterocycles. The monoisotopic (exact) mass is 286 g/mol. The first-order valence-corrected chi connectivity index (χ1v) is 7.90. The molecule has 1 aromatic carbocycles. The van der Waals surface area contributed by atoms with E-state index in [1.807, 2.05) is 6.07 Å². The molecule has 0 spiro atoms. The lowest BCUT2D eigenvalue weighted by atomic mass is 10.2. The molecule has 0 unspecified atom stereocenters. The van der Waals surface area contributed by atoms with Crippen LogP contribution in [0.4, 0.5) is 0 Å². The lowest BCUT2D eigenvalue weighted by molar-refractivity contribution is 0.786. The van der Waals surface area contributed by atoms with E-state index in [4.69, 9.17) is 4.98 Å². The smallest absolute Gasteiger partial charge is 0.211 e. The average molecular weight is 286 g/mol. The lowest BCUT2D eigenvalue weighted by Gasteiger charge is -2.06. The molecular formula is C15H18N4S. The van der Waals surface area contributed by atoms with Crippen LogP contribution in [0.5, 0.6) is 0 Å². The number of fused-ring (bicyclic) bond motifs is 3. The molecule has 0 fully saturated rings. The van der Waals surface area contributed by atoms with Crippen molar-refractivity contribution in [1.82, 2.24) is 19.7 Å². The molecule has 2 heterocycles. The molecule has 0 N–H and O–H groups in total. The summed E-state index contributed by atoms with van der Waals surface area (Å²) < 4.78 is 2.21. The van der Waals surface area contributed by atoms with Gasteiger partial charge in [0.05, 0.1) is 5.52 Å². The van der Waals surface area contributed by atoms with Crippen molar-refractivity contribution in [2.45, 2.75) is 44.1 Å². The number of nitrogens with zero attached hydrogens (tertiary/aromatic N) is 4. The zero-order chi connectivity index (χ0) is 14.1. The summed E-state index contributed by atoms with van der Waals surface area (Å²) >= 11 is 1.69. The van der Waals surface area contributed by atoms with Crippen molar-refractivity contribution in [1.29, 1.82) is 0 Å². The molecular weight excluding hydrogens is 268 g/mol. The van der Waals surface area contributed by atoms with Crippen molar-refractivity contribution in [2.75, 3.05) is 0 Å². The van der Waals surface area contributed by atoms with Crippen molar-refractivity contribution in [3.63, 3.8) is 0 Å². The maximum Gasteiger partial charge on any atom is 0.211 e. The third-order valence-corrected chi connectivity index (χ3v) is 4.67. The molecule has 0 saturated carbocycles. The van der Waals surface area contributed by atoms with Gasteiger partial charge in [0.25, 0.3) is 0 Å². The first kappa shape index (κ1) is 13.4. The number of benzene rings is 1. The van der Waals surface area contributed by atoms with Crippen molar-refractivity contribution in [3.8, 4) is 0 Å². The van der Waals surface area contributed by atoms with Gasteiger partial charge in [0.2, 0.25) is 5.16 Å². The number of hydrogen-bond acceptors (Lipinski definition) is 4. The minimum Gasteiger partial charge on any atom is -0.324 e. The Labute approximate surface area is 122 Å². The predicted molar refractivity (Wildman–Crippen MR) is 84.1 cm³/mol. The molecule has 0 aliphatic heterocycles. The topological polar surface area (TPSA) is 43.6 Å². The molecule has 0 aliphatic carbocycles. The van der Waals surface area contributed by atoms with Gasteiger partial charge >= 0.3 is 0 Å². The minimum atomic E-state index is 0.508. The van der Waals surface area contributed by atoms with E-state index < -0.39 is 0 Å². The lowest BCUT2D eigenvalue weighted by Crippen LogP contribution is -2.01. The summed E-state index contributed by atoms with van der Waals surface area (Å²) in [5.74, 6) is 0. The molecule has 1 atom stereocenters. The molecule has 0 radical (unpaired) electrons. The molecule has 0 bridgehead atoms. The second-order valence-electron chi connectivity index (χ2n) is 4.86. The summed E-state index contributed by atoms with van der Waals surface area (Å²) in [5.41, 5.74) is 3.02. The van der Waals surface area contributed by atoms with E-state index in [9.17, 15) is 0 Å². The number of para-hydroxylation sites is 1. The molecule has 3 aromatic rings. The highest BCUT2D eigenvalue weighted by Gasteiger charge is 2.14. The van der Waals surface area contributed by atoms with Crippen molar-refractivity contribution < 1.29 is 0 Å². The van der Waals surface area contributed by atoms with E-state index in [0.717, 1.165) is 34.7 Å². The summed E-state index contributed by atoms with van der Waals surface area (Å²) in [6.45, 7) is 7.38. The first-order chi connectivity index (χ1) is 9.74. The maximum atomic E-state index is 4.72. The Balaban J connectivity index is 2.20. The van der Waals surface area contributed by atoms with Crippen LogP contribution in [-0.2, 0) is 6.54 Å². The van der Waals surface area contributed by atoms with Gasteiger partial charge in [-0.3, -0.25) is 0 Å². The van der Waals surface area contributed by atoms with Gasteiger partial charge in [-0.15, -0.1) is 10.2 Å². The van der Waals surface area contributed by atoms with E-state index in [1.54, 1.807) is 11.8 Å². The standard InChI is InChI=1S/C15H18N4S/c1-4-10(3)20-15-16-14-13(17-18-15)11-8-6-7-9-12(11)19(14)5-2/h6-10H,4-5H2,1-3H3/t10-/m1/s1. The number of thioether (sulfide) groups is 1. The molecule has 4 nitrogen and oxygen atoms in total. The predicted octanol–water partition coefficient (Wildman–Crippen LogP) is 3.89. The second-order valence-corrected chi connectivity index (χ2v) is 6.27. The Morgan fingerprint density at radius 1 is 1.20 bits per heavy atom. The number of aromatic nitrogens is 4. The normalized spacial score (nSPS) is 13.2. The Hall–Kier alpha value is -1.62. The van der Waals surface area contributed by atoms with Crippen LogP contribution in [0, 0.1) is 0 Å². The van der Waals surface area contributed by atoms with Crippen LogP contribution in [0.2, 0.25) is 0 Å². The third-order valence-electron chi connectivity index (χ3n) is 3.55. The molecule has 0 amide bonds. The Morgan fingerprint density at radius 3 is 2.75 bits per heavy atom. The van der Waals surface area contributed by atoms with Gasteiger partial charge in [0, 0.05) is 17.2 Å². The Kier molecular flexibility index (Phi) is 3.61. The van der Waals surface area contributed by atoms with Crippen LogP contribution >= 0.6 is 11.8 Å². The van der Waals surface area contributed by atoms with E-state index in [1.165, 1.54) is 5.52 Å². The molecule has 5 heteroatoms. The van der Waals surface area contributed by atoms with Crippen LogP contribution in [0.25, 0.3) is 22.1 Å². The zero-order valence-electron chi connectivity index (χ0n) is 12.0. The Bertz CT molecular complexity index is 750. The fraction of sp³-hybridized carbons (Fsp3) is 0.400. The fourth-order valence-corrected chi connectivity index (χ4v) is 3.08. The third kappa shape index (κ3) is 2.16. The van der Waals surface area contributed by atoms with Crippen molar-refractivity contribution in [2.24, 2.45) is 0 Å². The van der Waals surface area contributed by atoms with Crippen LogP contribution in [0.3, 0.4) is 0 Å². The van der Waals surface area contributed by atoms with Crippen molar-refractivity contribution >= 4 is 33.8 Å². The first-order valence-electron chi connectivity index (χ1n) is 7.02. The SMILES string of the molecule is CC[C@@H](C)Sc1nnc2c3ccccc3n(CC)c2n1. The summed E-state index contributed by atoms with van der Waals surface area (Å²) in [5, 5.41) is 11.1. The molecule has 3 rings (SSSR count). The zero-order valence-corrected chi connectivity index (χ0v) is 12.8. The van der Waals surface area contributed by atoms with Crippen LogP contribution in [-0.4, -0.2) is 25.0 Å². The van der Waals surface area contributed by atoms with E-state index in [2.05, 4.69) is 53.7 Å². The average Bonchev–Trinajstić information content (AvgIpc) is 2.80. The van der Waals surface area contributed by atoms with Gasteiger partial charge in [-0.25, -0.2) is 4.98 Å². The van der Waals surface area contributed by atoms with E-state index in [0.29, 0.717) is 5.25 Å². The summed E-state index contributed by atoms with van der Waals surface area (Å²) in [6, 6.07) is 8.28. The van der Waals surface area contributed by atoms with Crippen LogP contribution in [0.1, 0.15) is 27.2 Å². The maximum absolute atomic E-state index is 4.72. The summed E-state index contributed by atoms with van der Waals surface area (Å²) in [7, 11) is 0. The second kappa shape index (κ2) is 5.40. The highest BCUT2D eigenvalue weighted by atomic mass is 32.2. The van der Waals surface area contributed by atoms with Gasteiger partial charge in [0.1, 0.15) is 5.52 Å². The summed E-state index contributed by atoms with van der Waals surface area (Å²) in [4.78, 5) is 4.72. The summed E-state index contributed by atoms with van der Waals surface area (Å²) in [6.07, 6.45) is 1.10. The molecule has 2 aromatic heterocycles. The van der Waals surface area contributed by atoms with Crippen molar-refractivity contribution in [3.05, 3.63) is 24.3 Å². The number of hydrogen-bond donors (Lipinski definition) is 0. The largest absolute Gasteiger partial charge is 0.324 e. The number of rotatable bonds is 4. The fourth-order valence-electron chi connectivity index (χ4n) is 2.32. The molecule has 104 valence electrons. The molecule has 0 aliphatic rings.